The number of halogens is 1. The molecule has 0 aliphatic carbocycles. The van der Waals surface area contributed by atoms with Gasteiger partial charge in [0.1, 0.15) is 5.82 Å². The molecule has 0 saturated heterocycles. The number of rotatable bonds is 3. The zero-order chi connectivity index (χ0) is 11.4. The number of benzene rings is 1. The van der Waals surface area contributed by atoms with Gasteiger partial charge in [0.05, 0.1) is 12.2 Å². The summed E-state index contributed by atoms with van der Waals surface area (Å²) in [5.41, 5.74) is 0.505. The van der Waals surface area contributed by atoms with Crippen molar-refractivity contribution in [1.29, 1.82) is 0 Å². The van der Waals surface area contributed by atoms with Gasteiger partial charge in [-0.15, -0.1) is 0 Å². The monoisotopic (exact) mass is 238 g/mol. The maximum absolute atomic E-state index is 13.4. The summed E-state index contributed by atoms with van der Waals surface area (Å²) in [6, 6.07) is 6.68. The molecular weight excluding hydrogens is 223 g/mol. The molecule has 4 heteroatoms. The molecule has 1 aliphatic heterocycles. The number of aliphatic imine (C=N–C) groups is 1. The highest BCUT2D eigenvalue weighted by Gasteiger charge is 2.19. The molecular formula is C12H15FN2S. The Morgan fingerprint density at radius 1 is 1.50 bits per heavy atom. The Bertz CT molecular complexity index is 392. The molecule has 0 radical (unpaired) electrons. The number of hydrogen-bond donors (Lipinski definition) is 1. The van der Waals surface area contributed by atoms with Gasteiger partial charge < -0.3 is 5.32 Å². The third-order valence-corrected chi connectivity index (χ3v) is 3.62. The van der Waals surface area contributed by atoms with Crippen LogP contribution in [0.1, 0.15) is 19.8 Å². The van der Waals surface area contributed by atoms with Crippen molar-refractivity contribution >= 4 is 22.6 Å². The number of nitrogens with zero attached hydrogens (tertiary/aromatic N) is 1. The Morgan fingerprint density at radius 2 is 2.31 bits per heavy atom. The first-order valence-electron chi connectivity index (χ1n) is 5.52. The van der Waals surface area contributed by atoms with Crippen LogP contribution in [0.15, 0.2) is 29.3 Å². The van der Waals surface area contributed by atoms with E-state index in [0.717, 1.165) is 18.1 Å². The minimum atomic E-state index is -0.232. The van der Waals surface area contributed by atoms with Crippen LogP contribution in [-0.2, 0) is 0 Å². The van der Waals surface area contributed by atoms with Gasteiger partial charge in [0.2, 0.25) is 0 Å². The maximum Gasteiger partial charge on any atom is 0.161 e. The SMILES string of the molecule is CCCC1CN=C(Nc2ccccc2F)S1. The van der Waals surface area contributed by atoms with Gasteiger partial charge in [-0.1, -0.05) is 37.2 Å². The summed E-state index contributed by atoms with van der Waals surface area (Å²) in [5.74, 6) is -0.232. The molecule has 1 atom stereocenters. The summed E-state index contributed by atoms with van der Waals surface area (Å²) in [4.78, 5) is 4.37. The molecule has 1 unspecified atom stereocenters. The minimum Gasteiger partial charge on any atom is -0.333 e. The van der Waals surface area contributed by atoms with Gasteiger partial charge in [0, 0.05) is 5.25 Å². The fourth-order valence-electron chi connectivity index (χ4n) is 1.64. The Morgan fingerprint density at radius 3 is 3.06 bits per heavy atom. The molecule has 0 saturated carbocycles. The third-order valence-electron chi connectivity index (χ3n) is 2.44. The fraction of sp³-hybridized carbons (Fsp3) is 0.417. The summed E-state index contributed by atoms with van der Waals surface area (Å²) in [5, 5.41) is 4.43. The van der Waals surface area contributed by atoms with Crippen LogP contribution in [0.25, 0.3) is 0 Å². The zero-order valence-corrected chi connectivity index (χ0v) is 10.1. The molecule has 86 valence electrons. The summed E-state index contributed by atoms with van der Waals surface area (Å²) in [7, 11) is 0. The molecule has 1 aliphatic rings. The van der Waals surface area contributed by atoms with Gasteiger partial charge >= 0.3 is 0 Å². The third kappa shape index (κ3) is 2.76. The molecule has 0 amide bonds. The normalized spacial score (nSPS) is 19.6. The summed E-state index contributed by atoms with van der Waals surface area (Å²) in [6.07, 6.45) is 2.33. The quantitative estimate of drug-likeness (QED) is 0.871. The predicted octanol–water partition coefficient (Wildman–Crippen LogP) is 3.51. The lowest BCUT2D eigenvalue weighted by Crippen LogP contribution is -2.08. The van der Waals surface area contributed by atoms with E-state index in [1.807, 2.05) is 6.07 Å². The fourth-order valence-corrected chi connectivity index (χ4v) is 2.77. The number of hydrogen-bond acceptors (Lipinski definition) is 3. The van der Waals surface area contributed by atoms with E-state index in [1.165, 1.54) is 12.5 Å². The maximum atomic E-state index is 13.4. The van der Waals surface area contributed by atoms with Crippen LogP contribution in [0.2, 0.25) is 0 Å². The minimum absolute atomic E-state index is 0.232. The molecule has 0 aromatic heterocycles. The Kier molecular flexibility index (Phi) is 3.83. The van der Waals surface area contributed by atoms with Crippen LogP contribution >= 0.6 is 11.8 Å². The smallest absolute Gasteiger partial charge is 0.161 e. The lowest BCUT2D eigenvalue weighted by Gasteiger charge is -2.08. The second kappa shape index (κ2) is 5.34. The van der Waals surface area contributed by atoms with Gasteiger partial charge in [0.25, 0.3) is 0 Å². The zero-order valence-electron chi connectivity index (χ0n) is 9.24. The second-order valence-corrected chi connectivity index (χ2v) is 5.07. The Labute approximate surface area is 99.3 Å². The van der Waals surface area contributed by atoms with E-state index < -0.39 is 0 Å². The molecule has 1 heterocycles. The number of nitrogens with one attached hydrogen (secondary N) is 1. The van der Waals surface area contributed by atoms with E-state index in [9.17, 15) is 4.39 Å². The van der Waals surface area contributed by atoms with Crippen molar-refractivity contribution in [2.75, 3.05) is 11.9 Å². The molecule has 0 spiro atoms. The van der Waals surface area contributed by atoms with E-state index in [4.69, 9.17) is 0 Å². The van der Waals surface area contributed by atoms with Crippen LogP contribution in [0.4, 0.5) is 10.1 Å². The number of para-hydroxylation sites is 1. The molecule has 1 N–H and O–H groups in total. The van der Waals surface area contributed by atoms with Crippen LogP contribution in [-0.4, -0.2) is 17.0 Å². The topological polar surface area (TPSA) is 24.4 Å². The molecule has 2 rings (SSSR count). The Balaban J connectivity index is 1.95. The van der Waals surface area contributed by atoms with Crippen molar-refractivity contribution in [3.63, 3.8) is 0 Å². The van der Waals surface area contributed by atoms with E-state index in [-0.39, 0.29) is 5.82 Å². The van der Waals surface area contributed by atoms with Gasteiger partial charge in [-0.2, -0.15) is 0 Å². The highest BCUT2D eigenvalue weighted by Crippen LogP contribution is 2.26. The standard InChI is InChI=1S/C12H15FN2S/c1-2-5-9-8-14-12(16-9)15-11-7-4-3-6-10(11)13/h3-4,6-7,9H,2,5,8H2,1H3,(H,14,15). The molecule has 0 fully saturated rings. The molecule has 0 bridgehead atoms. The summed E-state index contributed by atoms with van der Waals surface area (Å²) in [6.45, 7) is 3.01. The van der Waals surface area contributed by atoms with Gasteiger partial charge in [0.15, 0.2) is 5.17 Å². The van der Waals surface area contributed by atoms with Crippen LogP contribution < -0.4 is 5.32 Å². The summed E-state index contributed by atoms with van der Waals surface area (Å²) < 4.78 is 13.4. The van der Waals surface area contributed by atoms with E-state index >= 15 is 0 Å². The van der Waals surface area contributed by atoms with Crippen molar-refractivity contribution in [3.8, 4) is 0 Å². The van der Waals surface area contributed by atoms with Gasteiger partial charge in [-0.3, -0.25) is 4.99 Å². The highest BCUT2D eigenvalue weighted by molar-refractivity contribution is 8.15. The van der Waals surface area contributed by atoms with Crippen molar-refractivity contribution in [3.05, 3.63) is 30.1 Å². The number of amidine groups is 1. The highest BCUT2D eigenvalue weighted by atomic mass is 32.2. The average Bonchev–Trinajstić information content (AvgIpc) is 2.70. The summed E-state index contributed by atoms with van der Waals surface area (Å²) >= 11 is 1.71. The molecule has 1 aromatic rings. The molecule has 16 heavy (non-hydrogen) atoms. The first-order chi connectivity index (χ1) is 7.79. The van der Waals surface area contributed by atoms with Crippen molar-refractivity contribution < 1.29 is 4.39 Å². The largest absolute Gasteiger partial charge is 0.333 e. The average molecular weight is 238 g/mol. The van der Waals surface area contributed by atoms with Crippen LogP contribution in [0, 0.1) is 5.82 Å². The first kappa shape index (κ1) is 11.5. The van der Waals surface area contributed by atoms with Crippen LogP contribution in [0.5, 0.6) is 0 Å². The van der Waals surface area contributed by atoms with E-state index in [1.54, 1.807) is 23.9 Å². The van der Waals surface area contributed by atoms with E-state index in [2.05, 4.69) is 17.2 Å². The lowest BCUT2D eigenvalue weighted by atomic mass is 10.2. The van der Waals surface area contributed by atoms with Crippen molar-refractivity contribution in [1.82, 2.24) is 0 Å². The van der Waals surface area contributed by atoms with Gasteiger partial charge in [-0.05, 0) is 18.6 Å². The molecule has 2 nitrogen and oxygen atoms in total. The van der Waals surface area contributed by atoms with Gasteiger partial charge in [-0.25, -0.2) is 4.39 Å². The van der Waals surface area contributed by atoms with Crippen molar-refractivity contribution in [2.45, 2.75) is 25.0 Å². The molecule has 1 aromatic carbocycles. The van der Waals surface area contributed by atoms with E-state index in [0.29, 0.717) is 10.9 Å². The Hall–Kier alpha value is -1.03. The lowest BCUT2D eigenvalue weighted by molar-refractivity contribution is 0.632. The first-order valence-corrected chi connectivity index (χ1v) is 6.40. The second-order valence-electron chi connectivity index (χ2n) is 3.78. The van der Waals surface area contributed by atoms with Crippen LogP contribution in [0.3, 0.4) is 0 Å². The van der Waals surface area contributed by atoms with Crippen molar-refractivity contribution in [2.24, 2.45) is 4.99 Å². The predicted molar refractivity (Wildman–Crippen MR) is 68.6 cm³/mol. The number of anilines is 1. The number of thioether (sulfide) groups is 1.